The van der Waals surface area contributed by atoms with Gasteiger partial charge in [0.15, 0.2) is 0 Å². The van der Waals surface area contributed by atoms with Crippen LogP contribution in [0.25, 0.3) is 0 Å². The highest BCUT2D eigenvalue weighted by atomic mass is 79.9. The average molecular weight is 378 g/mol. The van der Waals surface area contributed by atoms with E-state index in [2.05, 4.69) is 32.8 Å². The number of halogens is 3. The minimum Gasteiger partial charge on any atom is -0.346 e. The minimum atomic E-state index is 0.530. The third-order valence-corrected chi connectivity index (χ3v) is 4.86. The Balaban J connectivity index is 2.44. The van der Waals surface area contributed by atoms with Crippen molar-refractivity contribution in [3.8, 4) is 0 Å². The van der Waals surface area contributed by atoms with Gasteiger partial charge in [-0.25, -0.2) is 4.98 Å². The number of aromatic nitrogens is 2. The van der Waals surface area contributed by atoms with E-state index < -0.39 is 0 Å². The molecule has 0 spiro atoms. The number of aryl methyl sites for hydroxylation is 1. The lowest BCUT2D eigenvalue weighted by atomic mass is 10.1. The van der Waals surface area contributed by atoms with Crippen LogP contribution in [0.4, 0.5) is 0 Å². The van der Waals surface area contributed by atoms with E-state index in [-0.39, 0.29) is 0 Å². The topological polar surface area (TPSA) is 28.7 Å². The number of rotatable bonds is 3. The second-order valence-electron chi connectivity index (χ2n) is 4.01. The van der Waals surface area contributed by atoms with Gasteiger partial charge in [-0.15, -0.1) is 0 Å². The lowest BCUT2D eigenvalue weighted by Gasteiger charge is -2.09. The van der Waals surface area contributed by atoms with E-state index in [9.17, 15) is 0 Å². The van der Waals surface area contributed by atoms with Gasteiger partial charge in [-0.05, 0) is 40.0 Å². The molecule has 0 aliphatic rings. The Morgan fingerprint density at radius 1 is 1.32 bits per heavy atom. The molecular formula is C13H11BrCl2N2S. The number of nitrogens with one attached hydrogen (secondary N) is 1. The Morgan fingerprint density at radius 2 is 1.95 bits per heavy atom. The molecular weight excluding hydrogens is 367 g/mol. The van der Waals surface area contributed by atoms with E-state index in [4.69, 9.17) is 35.4 Å². The first-order valence-electron chi connectivity index (χ1n) is 5.73. The highest BCUT2D eigenvalue weighted by molar-refractivity contribution is 9.10. The van der Waals surface area contributed by atoms with Crippen LogP contribution in [0.15, 0.2) is 22.7 Å². The van der Waals surface area contributed by atoms with Crippen LogP contribution in [0.1, 0.15) is 24.0 Å². The van der Waals surface area contributed by atoms with E-state index >= 15 is 0 Å². The summed E-state index contributed by atoms with van der Waals surface area (Å²) in [4.78, 5) is 7.62. The van der Waals surface area contributed by atoms with Crippen LogP contribution in [0.5, 0.6) is 0 Å². The molecule has 0 aliphatic carbocycles. The Morgan fingerprint density at radius 3 is 2.53 bits per heavy atom. The molecule has 2 nitrogen and oxygen atoms in total. The van der Waals surface area contributed by atoms with Gasteiger partial charge in [-0.1, -0.05) is 48.4 Å². The number of aromatic amines is 1. The minimum absolute atomic E-state index is 0.530. The summed E-state index contributed by atoms with van der Waals surface area (Å²) in [5, 5.41) is 1.27. The van der Waals surface area contributed by atoms with Gasteiger partial charge in [0.2, 0.25) is 0 Å². The smallest absolute Gasteiger partial charge is 0.144 e. The molecule has 1 aromatic carbocycles. The predicted octanol–water partition coefficient (Wildman–Crippen LogP) is 5.36. The molecule has 0 fully saturated rings. The third kappa shape index (κ3) is 3.37. The highest BCUT2D eigenvalue weighted by Crippen LogP contribution is 2.26. The SMILES string of the molecule is CCc1[nH]c(Cc2c(Cl)cccc2Cl)nc(=S)c1Br. The molecule has 1 heterocycles. The standard InChI is InChI=1S/C13H11BrCl2N2S/c1-2-10-12(14)13(19)18-11(17-10)6-7-8(15)4-3-5-9(7)16/h3-5H,2,6H2,1H3,(H,17,18,19). The van der Waals surface area contributed by atoms with Gasteiger partial charge >= 0.3 is 0 Å². The fraction of sp³-hybridized carbons (Fsp3) is 0.231. The van der Waals surface area contributed by atoms with Crippen molar-refractivity contribution in [2.45, 2.75) is 19.8 Å². The number of hydrogen-bond donors (Lipinski definition) is 1. The van der Waals surface area contributed by atoms with Gasteiger partial charge < -0.3 is 4.98 Å². The number of benzene rings is 1. The number of H-pyrrole nitrogens is 1. The van der Waals surface area contributed by atoms with Gasteiger partial charge in [-0.3, -0.25) is 0 Å². The lowest BCUT2D eigenvalue weighted by Crippen LogP contribution is -2.02. The second kappa shape index (κ2) is 6.35. The van der Waals surface area contributed by atoms with E-state index in [1.165, 1.54) is 0 Å². The van der Waals surface area contributed by atoms with Gasteiger partial charge in [0, 0.05) is 22.2 Å². The molecule has 0 amide bonds. The normalized spacial score (nSPS) is 10.7. The Labute approximate surface area is 135 Å². The highest BCUT2D eigenvalue weighted by Gasteiger charge is 2.10. The Bertz CT molecular complexity index is 650. The first kappa shape index (κ1) is 15.0. The van der Waals surface area contributed by atoms with Crippen molar-refractivity contribution in [1.82, 2.24) is 9.97 Å². The van der Waals surface area contributed by atoms with Crippen molar-refractivity contribution >= 4 is 51.3 Å². The maximum Gasteiger partial charge on any atom is 0.144 e. The molecule has 0 bridgehead atoms. The lowest BCUT2D eigenvalue weighted by molar-refractivity contribution is 0.889. The summed E-state index contributed by atoms with van der Waals surface area (Å²) in [7, 11) is 0. The molecule has 1 aromatic heterocycles. The van der Waals surface area contributed by atoms with Gasteiger partial charge in [-0.2, -0.15) is 0 Å². The van der Waals surface area contributed by atoms with E-state index in [0.29, 0.717) is 21.1 Å². The van der Waals surface area contributed by atoms with Crippen molar-refractivity contribution in [2.24, 2.45) is 0 Å². The second-order valence-corrected chi connectivity index (χ2v) is 6.01. The molecule has 0 saturated carbocycles. The zero-order valence-corrected chi connectivity index (χ0v) is 14.0. The van der Waals surface area contributed by atoms with Crippen LogP contribution in [-0.4, -0.2) is 9.97 Å². The van der Waals surface area contributed by atoms with Crippen molar-refractivity contribution in [1.29, 1.82) is 0 Å². The van der Waals surface area contributed by atoms with Gasteiger partial charge in [0.1, 0.15) is 10.5 Å². The summed E-state index contributed by atoms with van der Waals surface area (Å²) in [5.74, 6) is 0.764. The fourth-order valence-electron chi connectivity index (χ4n) is 1.75. The Hall–Kier alpha value is -0.420. The number of nitrogens with zero attached hydrogens (tertiary/aromatic N) is 1. The summed E-state index contributed by atoms with van der Waals surface area (Å²) >= 11 is 21.0. The van der Waals surface area contributed by atoms with Crippen molar-refractivity contribution in [3.63, 3.8) is 0 Å². The largest absolute Gasteiger partial charge is 0.346 e. The van der Waals surface area contributed by atoms with Crippen molar-refractivity contribution in [2.75, 3.05) is 0 Å². The van der Waals surface area contributed by atoms with Crippen LogP contribution in [0.2, 0.25) is 10.0 Å². The number of hydrogen-bond acceptors (Lipinski definition) is 2. The predicted molar refractivity (Wildman–Crippen MR) is 85.8 cm³/mol. The Kier molecular flexibility index (Phi) is 5.01. The molecule has 0 aliphatic heterocycles. The van der Waals surface area contributed by atoms with Crippen LogP contribution in [0.3, 0.4) is 0 Å². The third-order valence-electron chi connectivity index (χ3n) is 2.74. The maximum absolute atomic E-state index is 6.16. The molecule has 0 saturated heterocycles. The zero-order valence-electron chi connectivity index (χ0n) is 10.1. The van der Waals surface area contributed by atoms with Crippen molar-refractivity contribution in [3.05, 3.63) is 54.4 Å². The van der Waals surface area contributed by atoms with Crippen LogP contribution in [-0.2, 0) is 12.8 Å². The summed E-state index contributed by atoms with van der Waals surface area (Å²) < 4.78 is 1.40. The van der Waals surface area contributed by atoms with Crippen LogP contribution in [0, 0.1) is 4.64 Å². The van der Waals surface area contributed by atoms with Crippen LogP contribution < -0.4 is 0 Å². The summed E-state index contributed by atoms with van der Waals surface area (Å²) in [5.41, 5.74) is 1.88. The molecule has 0 unspecified atom stereocenters. The van der Waals surface area contributed by atoms with Crippen molar-refractivity contribution < 1.29 is 0 Å². The van der Waals surface area contributed by atoms with Gasteiger partial charge in [0.25, 0.3) is 0 Å². The van der Waals surface area contributed by atoms with E-state index in [1.54, 1.807) is 0 Å². The summed E-state index contributed by atoms with van der Waals surface area (Å²) in [6.45, 7) is 2.05. The first-order valence-corrected chi connectivity index (χ1v) is 7.69. The average Bonchev–Trinajstić information content (AvgIpc) is 2.38. The zero-order chi connectivity index (χ0) is 14.0. The van der Waals surface area contributed by atoms with E-state index in [0.717, 1.165) is 28.0 Å². The molecule has 19 heavy (non-hydrogen) atoms. The quantitative estimate of drug-likeness (QED) is 0.729. The monoisotopic (exact) mass is 376 g/mol. The molecule has 0 atom stereocenters. The molecule has 2 rings (SSSR count). The molecule has 6 heteroatoms. The maximum atomic E-state index is 6.16. The molecule has 0 radical (unpaired) electrons. The first-order chi connectivity index (χ1) is 9.02. The molecule has 100 valence electrons. The van der Waals surface area contributed by atoms with Gasteiger partial charge in [0.05, 0.1) is 4.47 Å². The molecule has 2 aromatic rings. The summed E-state index contributed by atoms with van der Waals surface area (Å²) in [6.07, 6.45) is 1.37. The molecule has 1 N–H and O–H groups in total. The fourth-order valence-corrected chi connectivity index (χ4v) is 2.99. The summed E-state index contributed by atoms with van der Waals surface area (Å²) in [6, 6.07) is 5.46. The van der Waals surface area contributed by atoms with E-state index in [1.807, 2.05) is 18.2 Å². The van der Waals surface area contributed by atoms with Crippen LogP contribution >= 0.6 is 51.3 Å².